The minimum Gasteiger partial charge on any atom is -0.481 e. The molecule has 142 valence electrons. The van der Waals surface area contributed by atoms with Crippen LogP contribution in [0.2, 0.25) is 0 Å². The summed E-state index contributed by atoms with van der Waals surface area (Å²) in [6.45, 7) is -0.188. The zero-order valence-electron chi connectivity index (χ0n) is 14.6. The van der Waals surface area contributed by atoms with E-state index in [2.05, 4.69) is 0 Å². The van der Waals surface area contributed by atoms with Crippen LogP contribution in [0.3, 0.4) is 0 Å². The van der Waals surface area contributed by atoms with Crippen LogP contribution in [0, 0.1) is 11.8 Å². The minimum absolute atomic E-state index is 0.188. The lowest BCUT2D eigenvalue weighted by atomic mass is 9.54. The molecule has 0 aromatic heterocycles. The number of nitrogens with zero attached hydrogens (tertiary/aromatic N) is 1. The Hall–Kier alpha value is -2.37. The van der Waals surface area contributed by atoms with Crippen LogP contribution in [0.15, 0.2) is 48.5 Å². The summed E-state index contributed by atoms with van der Waals surface area (Å²) in [4.78, 5) is 36.2. The standard InChI is InChI=1S/C21H15Cl2NO4/c22-20-11-5-1-2-6-12(11)21(23,14-8-4-3-7-13(14)20)17-16(20)18(27)24(19(17)28)10-9-15(25)26/h1-8,16-17H,9-10H2,(H,25,26)/t16-,17+,20?,21?. The number of carbonyl (C=O) groups excluding carboxylic acids is 2. The molecule has 5 nitrogen and oxygen atoms in total. The maximum Gasteiger partial charge on any atom is 0.305 e. The van der Waals surface area contributed by atoms with E-state index in [1.54, 1.807) is 0 Å². The number of rotatable bonds is 3. The molecule has 2 bridgehead atoms. The summed E-state index contributed by atoms with van der Waals surface area (Å²) < 4.78 is 0. The van der Waals surface area contributed by atoms with Crippen molar-refractivity contribution in [2.24, 2.45) is 11.8 Å². The van der Waals surface area contributed by atoms with Crippen LogP contribution >= 0.6 is 23.2 Å². The van der Waals surface area contributed by atoms with Crippen molar-refractivity contribution in [3.8, 4) is 0 Å². The summed E-state index contributed by atoms with van der Waals surface area (Å²) in [5.74, 6) is -3.75. The van der Waals surface area contributed by atoms with E-state index in [-0.39, 0.29) is 13.0 Å². The number of amides is 2. The molecule has 2 atom stereocenters. The Labute approximate surface area is 170 Å². The SMILES string of the molecule is O=C(O)CCN1C(=O)[C@@H]2[C@H](C1=O)C1(Cl)c3ccccc3C2(Cl)c2ccccc21. The smallest absolute Gasteiger partial charge is 0.305 e. The van der Waals surface area contributed by atoms with E-state index in [0.29, 0.717) is 0 Å². The lowest BCUT2D eigenvalue weighted by molar-refractivity contribution is -0.142. The zero-order valence-corrected chi connectivity index (χ0v) is 16.1. The summed E-state index contributed by atoms with van der Waals surface area (Å²) in [6.07, 6.45) is -0.318. The second-order valence-corrected chi connectivity index (χ2v) is 8.63. The number of halogens is 2. The Kier molecular flexibility index (Phi) is 3.53. The third kappa shape index (κ3) is 1.86. The molecular formula is C21H15Cl2NO4. The van der Waals surface area contributed by atoms with Crippen molar-refractivity contribution >= 4 is 41.0 Å². The largest absolute Gasteiger partial charge is 0.481 e. The van der Waals surface area contributed by atoms with Gasteiger partial charge in [0.2, 0.25) is 11.8 Å². The van der Waals surface area contributed by atoms with Crippen LogP contribution in [-0.4, -0.2) is 34.3 Å². The first-order valence-corrected chi connectivity index (χ1v) is 9.73. The monoisotopic (exact) mass is 415 g/mol. The highest BCUT2D eigenvalue weighted by molar-refractivity contribution is 6.36. The van der Waals surface area contributed by atoms with Crippen LogP contribution in [0.25, 0.3) is 0 Å². The van der Waals surface area contributed by atoms with Gasteiger partial charge in [-0.1, -0.05) is 48.5 Å². The van der Waals surface area contributed by atoms with Gasteiger partial charge in [0.25, 0.3) is 0 Å². The quantitative estimate of drug-likeness (QED) is 0.617. The predicted molar refractivity (Wildman–Crippen MR) is 102 cm³/mol. The molecule has 1 N–H and O–H groups in total. The van der Waals surface area contributed by atoms with E-state index in [9.17, 15) is 14.4 Å². The molecule has 0 spiro atoms. The molecule has 1 saturated heterocycles. The van der Waals surface area contributed by atoms with Crippen molar-refractivity contribution in [1.82, 2.24) is 4.90 Å². The van der Waals surface area contributed by atoms with Crippen LogP contribution in [0.4, 0.5) is 0 Å². The summed E-state index contributed by atoms with van der Waals surface area (Å²) >= 11 is 14.5. The molecule has 28 heavy (non-hydrogen) atoms. The number of carboxylic acids is 1. The fraction of sp³-hybridized carbons (Fsp3) is 0.286. The van der Waals surface area contributed by atoms with Gasteiger partial charge >= 0.3 is 5.97 Å². The number of hydrogen-bond donors (Lipinski definition) is 1. The Bertz CT molecular complexity index is 944. The Balaban J connectivity index is 1.78. The van der Waals surface area contributed by atoms with E-state index in [1.165, 1.54) is 0 Å². The van der Waals surface area contributed by atoms with Crippen LogP contribution in [-0.2, 0) is 24.1 Å². The van der Waals surface area contributed by atoms with Gasteiger partial charge in [0, 0.05) is 6.54 Å². The highest BCUT2D eigenvalue weighted by Gasteiger charge is 2.72. The molecule has 3 aliphatic carbocycles. The second-order valence-electron chi connectivity index (χ2n) is 7.44. The molecule has 0 unspecified atom stereocenters. The maximum absolute atomic E-state index is 13.3. The van der Waals surface area contributed by atoms with Gasteiger partial charge in [-0.3, -0.25) is 19.3 Å². The molecular weight excluding hydrogens is 401 g/mol. The molecule has 2 amide bonds. The molecule has 6 rings (SSSR count). The number of carboxylic acid groups (broad SMARTS) is 1. The summed E-state index contributed by atoms with van der Waals surface area (Å²) in [7, 11) is 0. The Morgan fingerprint density at radius 3 is 1.54 bits per heavy atom. The summed E-state index contributed by atoms with van der Waals surface area (Å²) in [5.41, 5.74) is 2.92. The number of carbonyl (C=O) groups is 3. The molecule has 1 fully saturated rings. The maximum atomic E-state index is 13.3. The molecule has 0 saturated carbocycles. The van der Waals surface area contributed by atoms with Crippen molar-refractivity contribution in [3.63, 3.8) is 0 Å². The van der Waals surface area contributed by atoms with Gasteiger partial charge < -0.3 is 5.11 Å². The molecule has 7 heteroatoms. The Morgan fingerprint density at radius 2 is 1.21 bits per heavy atom. The minimum atomic E-state index is -1.22. The molecule has 1 heterocycles. The lowest BCUT2D eigenvalue weighted by Gasteiger charge is -2.54. The zero-order chi connectivity index (χ0) is 19.8. The normalized spacial score (nSPS) is 32.1. The average Bonchev–Trinajstić information content (AvgIpc) is 2.95. The fourth-order valence-electron chi connectivity index (χ4n) is 5.15. The van der Waals surface area contributed by atoms with Gasteiger partial charge in [0.05, 0.1) is 18.3 Å². The number of likely N-dealkylation sites (tertiary alicyclic amines) is 1. The van der Waals surface area contributed by atoms with Gasteiger partial charge in [0.1, 0.15) is 9.75 Å². The number of benzene rings is 2. The molecule has 1 aliphatic heterocycles. The van der Waals surface area contributed by atoms with Crippen molar-refractivity contribution < 1.29 is 19.5 Å². The average molecular weight is 416 g/mol. The van der Waals surface area contributed by atoms with Crippen molar-refractivity contribution in [3.05, 3.63) is 70.8 Å². The third-order valence-corrected chi connectivity index (χ3v) is 7.51. The van der Waals surface area contributed by atoms with E-state index < -0.39 is 39.4 Å². The highest BCUT2D eigenvalue weighted by Crippen LogP contribution is 2.69. The van der Waals surface area contributed by atoms with Gasteiger partial charge in [-0.2, -0.15) is 0 Å². The van der Waals surface area contributed by atoms with E-state index in [1.807, 2.05) is 48.5 Å². The third-order valence-electron chi connectivity index (χ3n) is 6.23. The van der Waals surface area contributed by atoms with Crippen LogP contribution < -0.4 is 0 Å². The number of imide groups is 1. The van der Waals surface area contributed by atoms with Crippen molar-refractivity contribution in [2.45, 2.75) is 16.2 Å². The van der Waals surface area contributed by atoms with E-state index >= 15 is 0 Å². The highest BCUT2D eigenvalue weighted by atomic mass is 35.5. The van der Waals surface area contributed by atoms with Crippen molar-refractivity contribution in [1.29, 1.82) is 0 Å². The molecule has 2 aromatic rings. The van der Waals surface area contributed by atoms with Gasteiger partial charge in [-0.15, -0.1) is 23.2 Å². The summed E-state index contributed by atoms with van der Waals surface area (Å²) in [5, 5.41) is 9.01. The lowest BCUT2D eigenvalue weighted by Crippen LogP contribution is -2.57. The topological polar surface area (TPSA) is 74.7 Å². The number of aliphatic carboxylic acids is 1. The van der Waals surface area contributed by atoms with Crippen LogP contribution in [0.1, 0.15) is 28.7 Å². The molecule has 0 radical (unpaired) electrons. The fourth-order valence-corrected chi connectivity index (χ4v) is 6.25. The molecule has 2 aromatic carbocycles. The van der Waals surface area contributed by atoms with Gasteiger partial charge in [-0.25, -0.2) is 0 Å². The first kappa shape index (κ1) is 17.7. The first-order chi connectivity index (χ1) is 13.3. The summed E-state index contributed by atoms with van der Waals surface area (Å²) in [6, 6.07) is 14.8. The number of hydrogen-bond acceptors (Lipinski definition) is 3. The molecule has 4 aliphatic rings. The Morgan fingerprint density at radius 1 is 0.857 bits per heavy atom. The van der Waals surface area contributed by atoms with Gasteiger partial charge in [0.15, 0.2) is 0 Å². The van der Waals surface area contributed by atoms with E-state index in [0.717, 1.165) is 27.2 Å². The first-order valence-electron chi connectivity index (χ1n) is 8.97. The van der Waals surface area contributed by atoms with Crippen molar-refractivity contribution in [2.75, 3.05) is 6.54 Å². The van der Waals surface area contributed by atoms with Gasteiger partial charge in [-0.05, 0) is 22.3 Å². The second kappa shape index (κ2) is 5.58. The van der Waals surface area contributed by atoms with E-state index in [4.69, 9.17) is 28.3 Å². The van der Waals surface area contributed by atoms with Crippen LogP contribution in [0.5, 0.6) is 0 Å². The predicted octanol–water partition coefficient (Wildman–Crippen LogP) is 3.05. The number of alkyl halides is 2.